The van der Waals surface area contributed by atoms with E-state index in [1.165, 1.54) is 0 Å². The van der Waals surface area contributed by atoms with Gasteiger partial charge in [-0.1, -0.05) is 35.5 Å². The molecule has 0 aliphatic carbocycles. The Hall–Kier alpha value is -4.01. The van der Waals surface area contributed by atoms with Gasteiger partial charge in [0, 0.05) is 24.1 Å². The highest BCUT2D eigenvalue weighted by molar-refractivity contribution is 6.16. The lowest BCUT2D eigenvalue weighted by Gasteiger charge is -2.41. The van der Waals surface area contributed by atoms with Crippen molar-refractivity contribution in [3.05, 3.63) is 76.9 Å². The van der Waals surface area contributed by atoms with Gasteiger partial charge in [-0.2, -0.15) is 4.98 Å². The third-order valence-corrected chi connectivity index (χ3v) is 5.69. The number of hydrogen-bond acceptors (Lipinski definition) is 6. The lowest BCUT2D eigenvalue weighted by atomic mass is 10.0. The third-order valence-electron chi connectivity index (χ3n) is 5.69. The maximum absolute atomic E-state index is 13.3. The Morgan fingerprint density at radius 3 is 2.59 bits per heavy atom. The molecule has 162 valence electrons. The smallest absolute Gasteiger partial charge is 0.260 e. The van der Waals surface area contributed by atoms with E-state index < -0.39 is 6.17 Å². The van der Waals surface area contributed by atoms with Crippen LogP contribution in [-0.2, 0) is 11.3 Å². The second kappa shape index (κ2) is 7.92. The molecule has 5 rings (SSSR count). The lowest BCUT2D eigenvalue weighted by Crippen LogP contribution is -2.48. The summed E-state index contributed by atoms with van der Waals surface area (Å²) < 4.78 is 4.99. The molecule has 0 bridgehead atoms. The number of carbonyl (C=O) groups excluding carboxylic acids is 3. The zero-order chi connectivity index (χ0) is 22.2. The molecule has 1 atom stereocenters. The van der Waals surface area contributed by atoms with Crippen molar-refractivity contribution >= 4 is 23.4 Å². The average molecular weight is 431 g/mol. The van der Waals surface area contributed by atoms with Crippen LogP contribution in [0.3, 0.4) is 0 Å². The van der Waals surface area contributed by atoms with Crippen molar-refractivity contribution in [3.63, 3.8) is 0 Å². The van der Waals surface area contributed by atoms with Crippen molar-refractivity contribution in [2.45, 2.75) is 32.5 Å². The highest BCUT2D eigenvalue weighted by Crippen LogP contribution is 2.45. The van der Waals surface area contributed by atoms with E-state index in [4.69, 9.17) is 4.52 Å². The van der Waals surface area contributed by atoms with Gasteiger partial charge >= 0.3 is 0 Å². The van der Waals surface area contributed by atoms with E-state index >= 15 is 0 Å². The lowest BCUT2D eigenvalue weighted by molar-refractivity contribution is -0.121. The summed E-state index contributed by atoms with van der Waals surface area (Å²) in [6.45, 7) is 2.20. The summed E-state index contributed by atoms with van der Waals surface area (Å²) in [7, 11) is 0. The van der Waals surface area contributed by atoms with E-state index in [2.05, 4.69) is 15.5 Å². The summed E-state index contributed by atoms with van der Waals surface area (Å²) in [6, 6.07) is 14.5. The molecule has 3 heterocycles. The maximum atomic E-state index is 13.3. The molecule has 0 saturated carbocycles. The molecule has 9 nitrogen and oxygen atoms in total. The molecule has 2 aliphatic rings. The predicted molar refractivity (Wildman–Crippen MR) is 114 cm³/mol. The molecule has 2 aromatic carbocycles. The first-order valence-electron chi connectivity index (χ1n) is 10.4. The zero-order valence-corrected chi connectivity index (χ0v) is 17.4. The Labute approximate surface area is 184 Å². The van der Waals surface area contributed by atoms with Gasteiger partial charge in [-0.3, -0.25) is 19.3 Å². The number of aromatic nitrogens is 2. The van der Waals surface area contributed by atoms with Gasteiger partial charge in [0.1, 0.15) is 6.17 Å². The molecule has 0 saturated heterocycles. The van der Waals surface area contributed by atoms with Crippen LogP contribution in [0.1, 0.15) is 57.0 Å². The van der Waals surface area contributed by atoms with Crippen molar-refractivity contribution in [1.29, 1.82) is 0 Å². The number of amides is 3. The van der Waals surface area contributed by atoms with Crippen LogP contribution in [0.15, 0.2) is 53.1 Å². The van der Waals surface area contributed by atoms with Crippen molar-refractivity contribution in [2.75, 3.05) is 11.4 Å². The van der Waals surface area contributed by atoms with Gasteiger partial charge in [0.25, 0.3) is 11.8 Å². The molecule has 2 aliphatic heterocycles. The number of benzene rings is 2. The molecule has 1 N–H and O–H groups in total. The van der Waals surface area contributed by atoms with Crippen LogP contribution < -0.4 is 10.2 Å². The van der Waals surface area contributed by atoms with Gasteiger partial charge in [0.2, 0.25) is 11.8 Å². The maximum Gasteiger partial charge on any atom is 0.260 e. The van der Waals surface area contributed by atoms with Gasteiger partial charge in [0.05, 0.1) is 17.8 Å². The summed E-state index contributed by atoms with van der Waals surface area (Å²) in [5, 5.41) is 6.43. The Kier molecular flexibility index (Phi) is 4.93. The number of nitrogens with one attached hydrogen (secondary N) is 1. The van der Waals surface area contributed by atoms with Crippen LogP contribution in [0.4, 0.5) is 5.69 Å². The Morgan fingerprint density at radius 1 is 1.06 bits per heavy atom. The van der Waals surface area contributed by atoms with E-state index in [-0.39, 0.29) is 30.7 Å². The van der Waals surface area contributed by atoms with E-state index in [9.17, 15) is 14.4 Å². The Morgan fingerprint density at radius 2 is 1.81 bits per heavy atom. The van der Waals surface area contributed by atoms with Crippen LogP contribution in [-0.4, -0.2) is 39.3 Å². The van der Waals surface area contributed by atoms with Gasteiger partial charge in [-0.15, -0.1) is 0 Å². The number of carbonyl (C=O) groups is 3. The van der Waals surface area contributed by atoms with Gasteiger partial charge < -0.3 is 14.7 Å². The van der Waals surface area contributed by atoms with Crippen molar-refractivity contribution in [3.8, 4) is 0 Å². The number of rotatable bonds is 6. The number of para-hydroxylation sites is 1. The first kappa shape index (κ1) is 19.9. The van der Waals surface area contributed by atoms with Gasteiger partial charge in [0.15, 0.2) is 5.82 Å². The summed E-state index contributed by atoms with van der Waals surface area (Å²) in [5.74, 6) is 0.408. The SMILES string of the molecule is Cc1noc(CNC(=O)CCCN2C(=O)c3ccccc3N3C(=O)c4ccccc4C23)n1. The number of nitrogens with zero attached hydrogens (tertiary/aromatic N) is 4. The monoisotopic (exact) mass is 431 g/mol. The molecule has 0 spiro atoms. The molecular weight excluding hydrogens is 410 g/mol. The van der Waals surface area contributed by atoms with E-state index in [1.54, 1.807) is 41.0 Å². The molecule has 32 heavy (non-hydrogen) atoms. The second-order valence-corrected chi connectivity index (χ2v) is 7.77. The summed E-state index contributed by atoms with van der Waals surface area (Å²) >= 11 is 0. The highest BCUT2D eigenvalue weighted by Gasteiger charge is 2.47. The van der Waals surface area contributed by atoms with Crippen LogP contribution in [0.5, 0.6) is 0 Å². The summed E-state index contributed by atoms with van der Waals surface area (Å²) in [6.07, 6.45) is 0.162. The summed E-state index contributed by atoms with van der Waals surface area (Å²) in [5.41, 5.74) is 2.50. The fourth-order valence-corrected chi connectivity index (χ4v) is 4.28. The van der Waals surface area contributed by atoms with Crippen LogP contribution >= 0.6 is 0 Å². The minimum Gasteiger partial charge on any atom is -0.347 e. The fraction of sp³-hybridized carbons (Fsp3) is 0.261. The van der Waals surface area contributed by atoms with E-state index in [0.29, 0.717) is 41.5 Å². The average Bonchev–Trinajstić information content (AvgIpc) is 3.36. The van der Waals surface area contributed by atoms with Gasteiger partial charge in [-0.25, -0.2) is 0 Å². The number of aryl methyl sites for hydroxylation is 1. The second-order valence-electron chi connectivity index (χ2n) is 7.77. The van der Waals surface area contributed by atoms with Crippen LogP contribution in [0.25, 0.3) is 0 Å². The van der Waals surface area contributed by atoms with Crippen LogP contribution in [0, 0.1) is 6.92 Å². The molecule has 0 radical (unpaired) electrons. The Bertz CT molecular complexity index is 1220. The van der Waals surface area contributed by atoms with Crippen molar-refractivity contribution < 1.29 is 18.9 Å². The molecular formula is C23H21N5O4. The Balaban J connectivity index is 1.32. The van der Waals surface area contributed by atoms with Crippen molar-refractivity contribution in [1.82, 2.24) is 20.4 Å². The molecule has 1 unspecified atom stereocenters. The number of anilines is 1. The van der Waals surface area contributed by atoms with Crippen molar-refractivity contribution in [2.24, 2.45) is 0 Å². The third kappa shape index (κ3) is 3.31. The summed E-state index contributed by atoms with van der Waals surface area (Å²) in [4.78, 5) is 46.1. The molecule has 1 aromatic heterocycles. The minimum absolute atomic E-state index is 0.122. The minimum atomic E-state index is -0.509. The number of hydrogen-bond donors (Lipinski definition) is 1. The molecule has 9 heteroatoms. The topological polar surface area (TPSA) is 109 Å². The predicted octanol–water partition coefficient (Wildman–Crippen LogP) is 2.59. The molecule has 3 aromatic rings. The quantitative estimate of drug-likeness (QED) is 0.643. The largest absolute Gasteiger partial charge is 0.347 e. The van der Waals surface area contributed by atoms with E-state index in [0.717, 1.165) is 5.56 Å². The number of fused-ring (bicyclic) bond motifs is 5. The normalized spacial score (nSPS) is 16.6. The van der Waals surface area contributed by atoms with E-state index in [1.807, 2.05) is 24.3 Å². The first-order chi connectivity index (χ1) is 15.5. The fourth-order valence-electron chi connectivity index (χ4n) is 4.28. The molecule has 3 amide bonds. The highest BCUT2D eigenvalue weighted by atomic mass is 16.5. The van der Waals surface area contributed by atoms with Gasteiger partial charge in [-0.05, 0) is 31.5 Å². The first-order valence-corrected chi connectivity index (χ1v) is 10.4. The zero-order valence-electron chi connectivity index (χ0n) is 17.4. The molecule has 0 fully saturated rings. The van der Waals surface area contributed by atoms with Crippen LogP contribution in [0.2, 0.25) is 0 Å². The standard InChI is InChI=1S/C23H21N5O4/c1-14-25-20(32-26-14)13-24-19(29)11-6-12-27-21-15-7-2-3-8-16(15)23(31)28(21)18-10-5-4-9-17(18)22(27)30/h2-5,7-10,21H,6,11-13H2,1H3,(H,24,29).